The number of ether oxygens (including phenoxy) is 1. The van der Waals surface area contributed by atoms with Gasteiger partial charge in [0.1, 0.15) is 11.5 Å². The van der Waals surface area contributed by atoms with Crippen LogP contribution in [0.15, 0.2) is 18.2 Å². The molecule has 0 spiro atoms. The number of hydrogen-bond donors (Lipinski definition) is 2. The van der Waals surface area contributed by atoms with Crippen LogP contribution in [0.5, 0.6) is 11.5 Å². The molecule has 3 rings (SSSR count). The largest absolute Gasteiger partial charge is 0.507 e. The number of nitrogens with one attached hydrogen (secondary N) is 1. The monoisotopic (exact) mass is 262 g/mol. The molecule has 0 aliphatic carbocycles. The number of rotatable bonds is 2. The van der Waals surface area contributed by atoms with Gasteiger partial charge in [-0.15, -0.1) is 0 Å². The highest BCUT2D eigenvalue weighted by atomic mass is 16.5. The molecule has 2 aliphatic rings. The summed E-state index contributed by atoms with van der Waals surface area (Å²) in [5.41, 5.74) is 0.355. The molecule has 0 bridgehead atoms. The van der Waals surface area contributed by atoms with Gasteiger partial charge in [-0.2, -0.15) is 0 Å². The van der Waals surface area contributed by atoms with Crippen LogP contribution in [0.25, 0.3) is 0 Å². The number of aromatic hydroxyl groups is 1. The molecule has 2 N–H and O–H groups in total. The van der Waals surface area contributed by atoms with Crippen molar-refractivity contribution in [2.75, 3.05) is 26.7 Å². The molecule has 1 aromatic rings. The number of carbonyl (C=O) groups is 1. The summed E-state index contributed by atoms with van der Waals surface area (Å²) in [6.45, 7) is 2.62. The van der Waals surface area contributed by atoms with Gasteiger partial charge in [0.2, 0.25) is 0 Å². The number of fused-ring (bicyclic) bond motifs is 1. The third kappa shape index (κ3) is 2.04. The first-order valence-corrected chi connectivity index (χ1v) is 6.59. The average Bonchev–Trinajstić information content (AvgIpc) is 3.00. The molecule has 5 nitrogen and oxygen atoms in total. The van der Waals surface area contributed by atoms with Crippen LogP contribution in [0, 0.1) is 5.92 Å². The molecule has 0 radical (unpaired) electrons. The molecule has 2 heterocycles. The zero-order valence-electron chi connectivity index (χ0n) is 10.9. The van der Waals surface area contributed by atoms with Crippen LogP contribution >= 0.6 is 0 Å². The summed E-state index contributed by atoms with van der Waals surface area (Å²) >= 11 is 0. The number of methoxy groups -OCH3 is 1. The lowest BCUT2D eigenvalue weighted by molar-refractivity contribution is 0.0734. The number of phenols is 1. The van der Waals surface area contributed by atoms with Crippen LogP contribution in [-0.4, -0.2) is 48.7 Å². The molecule has 19 heavy (non-hydrogen) atoms. The Morgan fingerprint density at radius 2 is 2.32 bits per heavy atom. The van der Waals surface area contributed by atoms with Crippen molar-refractivity contribution in [3.05, 3.63) is 23.8 Å². The van der Waals surface area contributed by atoms with E-state index in [0.717, 1.165) is 26.1 Å². The molecular formula is C14H18N2O3. The fraction of sp³-hybridized carbons (Fsp3) is 0.500. The van der Waals surface area contributed by atoms with E-state index in [2.05, 4.69) is 5.32 Å². The predicted molar refractivity (Wildman–Crippen MR) is 70.5 cm³/mol. The van der Waals surface area contributed by atoms with Gasteiger partial charge in [0.05, 0.1) is 12.7 Å². The first kappa shape index (κ1) is 12.3. The van der Waals surface area contributed by atoms with Crippen molar-refractivity contribution < 1.29 is 14.6 Å². The fourth-order valence-corrected chi connectivity index (χ4v) is 3.08. The third-order valence-corrected chi connectivity index (χ3v) is 4.14. The molecule has 102 valence electrons. The first-order valence-electron chi connectivity index (χ1n) is 6.59. The summed E-state index contributed by atoms with van der Waals surface area (Å²) in [5, 5.41) is 13.3. The predicted octanol–water partition coefficient (Wildman–Crippen LogP) is 0.835. The number of hydrogen-bond acceptors (Lipinski definition) is 4. The molecule has 1 aromatic carbocycles. The summed E-state index contributed by atoms with van der Waals surface area (Å²) in [6, 6.07) is 5.09. The lowest BCUT2D eigenvalue weighted by Gasteiger charge is -2.23. The maximum atomic E-state index is 12.5. The summed E-state index contributed by atoms with van der Waals surface area (Å²) in [6.07, 6.45) is 1.04. The van der Waals surface area contributed by atoms with Crippen LogP contribution in [0.4, 0.5) is 0 Å². The Morgan fingerprint density at radius 1 is 1.47 bits per heavy atom. The van der Waals surface area contributed by atoms with Crippen molar-refractivity contribution in [2.45, 2.75) is 12.5 Å². The Bertz CT molecular complexity index is 503. The minimum atomic E-state index is -0.0867. The van der Waals surface area contributed by atoms with Crippen LogP contribution in [0.1, 0.15) is 16.8 Å². The van der Waals surface area contributed by atoms with Gasteiger partial charge in [-0.25, -0.2) is 0 Å². The molecule has 2 fully saturated rings. The van der Waals surface area contributed by atoms with Crippen LogP contribution < -0.4 is 10.1 Å². The Labute approximate surface area is 112 Å². The number of carbonyl (C=O) groups excluding carboxylic acids is 1. The molecule has 2 atom stereocenters. The maximum absolute atomic E-state index is 12.5. The Balaban J connectivity index is 1.84. The second kappa shape index (κ2) is 4.74. The van der Waals surface area contributed by atoms with Gasteiger partial charge in [-0.3, -0.25) is 4.79 Å². The van der Waals surface area contributed by atoms with Crippen molar-refractivity contribution >= 4 is 5.91 Å². The van der Waals surface area contributed by atoms with E-state index in [1.54, 1.807) is 12.1 Å². The standard InChI is InChI=1S/C14H18N2O3/c1-19-10-2-3-11(13(17)6-10)14(18)16-5-4-9-7-15-8-12(9)16/h2-3,6,9,12,15,17H,4-5,7-8H2,1H3/t9-,12+/m0/s1. The molecule has 0 aromatic heterocycles. The van der Waals surface area contributed by atoms with E-state index in [1.807, 2.05) is 4.90 Å². The Morgan fingerprint density at radius 3 is 3.05 bits per heavy atom. The maximum Gasteiger partial charge on any atom is 0.257 e. The van der Waals surface area contributed by atoms with Gasteiger partial charge in [-0.05, 0) is 24.5 Å². The molecular weight excluding hydrogens is 244 g/mol. The summed E-state index contributed by atoms with van der Waals surface area (Å²) in [4.78, 5) is 14.4. The zero-order valence-corrected chi connectivity index (χ0v) is 10.9. The second-order valence-corrected chi connectivity index (χ2v) is 5.16. The minimum Gasteiger partial charge on any atom is -0.507 e. The molecule has 0 saturated carbocycles. The van der Waals surface area contributed by atoms with E-state index in [-0.39, 0.29) is 17.7 Å². The molecule has 2 aliphatic heterocycles. The molecule has 2 saturated heterocycles. The van der Waals surface area contributed by atoms with Crippen LogP contribution in [-0.2, 0) is 0 Å². The van der Waals surface area contributed by atoms with E-state index in [9.17, 15) is 9.90 Å². The quantitative estimate of drug-likeness (QED) is 0.829. The Hall–Kier alpha value is -1.75. The van der Waals surface area contributed by atoms with Crippen molar-refractivity contribution in [2.24, 2.45) is 5.92 Å². The second-order valence-electron chi connectivity index (χ2n) is 5.16. The molecule has 0 unspecified atom stereocenters. The average molecular weight is 262 g/mol. The lowest BCUT2D eigenvalue weighted by Crippen LogP contribution is -2.39. The highest BCUT2D eigenvalue weighted by Crippen LogP contribution is 2.31. The number of nitrogens with zero attached hydrogens (tertiary/aromatic N) is 1. The van der Waals surface area contributed by atoms with Crippen LogP contribution in [0.3, 0.4) is 0 Å². The van der Waals surface area contributed by atoms with E-state index < -0.39 is 0 Å². The first-order chi connectivity index (χ1) is 9.20. The van der Waals surface area contributed by atoms with Gasteiger partial charge < -0.3 is 20.1 Å². The molecule has 1 amide bonds. The van der Waals surface area contributed by atoms with Crippen LogP contribution in [0.2, 0.25) is 0 Å². The van der Waals surface area contributed by atoms with E-state index in [4.69, 9.17) is 4.74 Å². The number of benzene rings is 1. The topological polar surface area (TPSA) is 61.8 Å². The molecule has 5 heteroatoms. The minimum absolute atomic E-state index is 0.0150. The van der Waals surface area contributed by atoms with Gasteiger partial charge in [0.15, 0.2) is 0 Å². The Kier molecular flexibility index (Phi) is 3.06. The van der Waals surface area contributed by atoms with Gasteiger partial charge >= 0.3 is 0 Å². The summed E-state index contributed by atoms with van der Waals surface area (Å²) in [5.74, 6) is 1.01. The van der Waals surface area contributed by atoms with Gasteiger partial charge in [-0.1, -0.05) is 0 Å². The highest BCUT2D eigenvalue weighted by Gasteiger charge is 2.40. The normalized spacial score (nSPS) is 25.4. The SMILES string of the molecule is COc1ccc(C(=O)N2CC[C@H]3CNC[C@H]32)c(O)c1. The van der Waals surface area contributed by atoms with Gasteiger partial charge in [0, 0.05) is 31.7 Å². The van der Waals surface area contributed by atoms with Crippen molar-refractivity contribution in [1.29, 1.82) is 0 Å². The smallest absolute Gasteiger partial charge is 0.257 e. The lowest BCUT2D eigenvalue weighted by atomic mass is 10.0. The summed E-state index contributed by atoms with van der Waals surface area (Å²) in [7, 11) is 1.53. The van der Waals surface area contributed by atoms with E-state index in [0.29, 0.717) is 17.2 Å². The number of amides is 1. The third-order valence-electron chi connectivity index (χ3n) is 4.14. The fourth-order valence-electron chi connectivity index (χ4n) is 3.08. The van der Waals surface area contributed by atoms with Gasteiger partial charge in [0.25, 0.3) is 5.91 Å². The number of likely N-dealkylation sites (tertiary alicyclic amines) is 1. The zero-order chi connectivity index (χ0) is 13.4. The van der Waals surface area contributed by atoms with Crippen molar-refractivity contribution in [3.8, 4) is 11.5 Å². The highest BCUT2D eigenvalue weighted by molar-refractivity contribution is 5.97. The van der Waals surface area contributed by atoms with E-state index in [1.165, 1.54) is 13.2 Å². The van der Waals surface area contributed by atoms with Crippen molar-refractivity contribution in [3.63, 3.8) is 0 Å². The number of phenolic OH excluding ortho intramolecular Hbond substituents is 1. The van der Waals surface area contributed by atoms with Crippen molar-refractivity contribution in [1.82, 2.24) is 10.2 Å². The van der Waals surface area contributed by atoms with E-state index >= 15 is 0 Å². The summed E-state index contributed by atoms with van der Waals surface area (Å²) < 4.78 is 5.03.